The van der Waals surface area contributed by atoms with Crippen molar-refractivity contribution in [3.05, 3.63) is 41.5 Å². The maximum absolute atomic E-state index is 12.8. The number of rotatable bonds is 4. The van der Waals surface area contributed by atoms with Crippen LogP contribution in [0.25, 0.3) is 0 Å². The molecule has 0 aliphatic heterocycles. The smallest absolute Gasteiger partial charge is 0.313 e. The summed E-state index contributed by atoms with van der Waals surface area (Å²) in [4.78, 5) is 26.3. The van der Waals surface area contributed by atoms with E-state index in [1.54, 1.807) is 4.90 Å². The lowest BCUT2D eigenvalue weighted by Gasteiger charge is -2.25. The highest BCUT2D eigenvalue weighted by Crippen LogP contribution is 2.30. The quantitative estimate of drug-likeness (QED) is 0.800. The van der Waals surface area contributed by atoms with E-state index in [9.17, 15) is 9.59 Å². The average Bonchev–Trinajstić information content (AvgIpc) is 2.98. The van der Waals surface area contributed by atoms with E-state index < -0.39 is 5.92 Å². The fourth-order valence-corrected chi connectivity index (χ4v) is 2.77. The van der Waals surface area contributed by atoms with Crippen LogP contribution >= 0.6 is 0 Å². The van der Waals surface area contributed by atoms with Gasteiger partial charge < -0.3 is 9.64 Å². The van der Waals surface area contributed by atoms with Gasteiger partial charge in [0.05, 0.1) is 13.0 Å². The Bertz CT molecular complexity index is 577. The summed E-state index contributed by atoms with van der Waals surface area (Å²) in [6, 6.07) is 7.77. The van der Waals surface area contributed by atoms with Gasteiger partial charge in [0, 0.05) is 17.8 Å². The summed E-state index contributed by atoms with van der Waals surface area (Å²) >= 11 is 0. The number of aryl methyl sites for hydroxylation is 1. The maximum Gasteiger partial charge on any atom is 0.313 e. The molecule has 0 N–H and O–H groups in total. The summed E-state index contributed by atoms with van der Waals surface area (Å²) in [6.45, 7) is 4.48. The minimum absolute atomic E-state index is 0.0975. The maximum atomic E-state index is 12.8. The van der Waals surface area contributed by atoms with Crippen molar-refractivity contribution in [3.8, 4) is 0 Å². The molecule has 1 aliphatic rings. The van der Waals surface area contributed by atoms with Gasteiger partial charge in [0.15, 0.2) is 0 Å². The second-order valence-corrected chi connectivity index (χ2v) is 5.15. The van der Waals surface area contributed by atoms with E-state index in [1.165, 1.54) is 7.11 Å². The number of anilines is 1. The van der Waals surface area contributed by atoms with Gasteiger partial charge >= 0.3 is 5.97 Å². The Morgan fingerprint density at radius 3 is 2.67 bits per heavy atom. The lowest BCUT2D eigenvalue weighted by molar-refractivity contribution is -0.144. The summed E-state index contributed by atoms with van der Waals surface area (Å²) in [5.41, 5.74) is 2.49. The molecule has 0 saturated carbocycles. The molecule has 0 aromatic heterocycles. The molecule has 0 bridgehead atoms. The molecule has 1 aromatic carbocycles. The van der Waals surface area contributed by atoms with E-state index in [4.69, 9.17) is 4.74 Å². The molecule has 0 saturated heterocycles. The number of likely N-dealkylation sites (N-methyl/N-ethyl adjacent to an activating group) is 1. The molecule has 4 nitrogen and oxygen atoms in total. The third-order valence-electron chi connectivity index (χ3n) is 3.90. The number of methoxy groups -OCH3 is 1. The zero-order valence-electron chi connectivity index (χ0n) is 12.8. The topological polar surface area (TPSA) is 46.6 Å². The first kappa shape index (κ1) is 15.3. The summed E-state index contributed by atoms with van der Waals surface area (Å²) in [6.07, 6.45) is 3.26. The van der Waals surface area contributed by atoms with E-state index >= 15 is 0 Å². The first-order valence-electron chi connectivity index (χ1n) is 7.25. The van der Waals surface area contributed by atoms with Gasteiger partial charge in [-0.25, -0.2) is 0 Å². The number of carbonyl (C=O) groups is 2. The highest BCUT2D eigenvalue weighted by Gasteiger charge is 2.34. The minimum atomic E-state index is -0.430. The monoisotopic (exact) mass is 287 g/mol. The summed E-state index contributed by atoms with van der Waals surface area (Å²) in [5.74, 6) is -0.854. The fourth-order valence-electron chi connectivity index (χ4n) is 2.77. The first-order chi connectivity index (χ1) is 10.1. The molecule has 2 rings (SSSR count). The van der Waals surface area contributed by atoms with Crippen molar-refractivity contribution in [2.45, 2.75) is 26.7 Å². The van der Waals surface area contributed by atoms with Crippen molar-refractivity contribution in [1.82, 2.24) is 0 Å². The van der Waals surface area contributed by atoms with Crippen LogP contribution in [0.2, 0.25) is 0 Å². The van der Waals surface area contributed by atoms with Gasteiger partial charge in [-0.3, -0.25) is 9.59 Å². The molecule has 1 atom stereocenters. The Kier molecular flexibility index (Phi) is 4.78. The number of para-hydroxylation sites is 1. The van der Waals surface area contributed by atoms with E-state index in [0.717, 1.165) is 17.7 Å². The molecule has 0 spiro atoms. The van der Waals surface area contributed by atoms with E-state index in [-0.39, 0.29) is 11.9 Å². The number of allylic oxidation sites excluding steroid dienone is 1. The Balaban J connectivity index is 2.29. The van der Waals surface area contributed by atoms with Gasteiger partial charge in [-0.1, -0.05) is 24.3 Å². The van der Waals surface area contributed by atoms with Gasteiger partial charge in [0.2, 0.25) is 0 Å². The molecule has 1 aliphatic carbocycles. The van der Waals surface area contributed by atoms with Crippen LogP contribution in [-0.2, 0) is 14.3 Å². The SMILES string of the molecule is CCN(C(=O)C1=CCCC1C(=O)OC)c1ccccc1C. The van der Waals surface area contributed by atoms with Crippen molar-refractivity contribution in [1.29, 1.82) is 0 Å². The van der Waals surface area contributed by atoms with Crippen LogP contribution in [0.1, 0.15) is 25.3 Å². The molecule has 0 fully saturated rings. The van der Waals surface area contributed by atoms with Crippen LogP contribution in [0.3, 0.4) is 0 Å². The van der Waals surface area contributed by atoms with Gasteiger partial charge in [0.1, 0.15) is 0 Å². The molecular weight excluding hydrogens is 266 g/mol. The molecule has 21 heavy (non-hydrogen) atoms. The van der Waals surface area contributed by atoms with Crippen molar-refractivity contribution in [3.63, 3.8) is 0 Å². The van der Waals surface area contributed by atoms with Crippen molar-refractivity contribution < 1.29 is 14.3 Å². The van der Waals surface area contributed by atoms with Crippen LogP contribution in [0, 0.1) is 12.8 Å². The Labute approximate surface area is 125 Å². The number of hydrogen-bond donors (Lipinski definition) is 0. The van der Waals surface area contributed by atoms with Crippen molar-refractivity contribution in [2.24, 2.45) is 5.92 Å². The van der Waals surface area contributed by atoms with Gasteiger partial charge in [-0.2, -0.15) is 0 Å². The Morgan fingerprint density at radius 1 is 1.33 bits per heavy atom. The fraction of sp³-hybridized carbons (Fsp3) is 0.412. The molecule has 4 heteroatoms. The van der Waals surface area contributed by atoms with Crippen LogP contribution in [0.4, 0.5) is 5.69 Å². The summed E-state index contributed by atoms with van der Waals surface area (Å²) < 4.78 is 4.81. The van der Waals surface area contributed by atoms with Crippen LogP contribution in [-0.4, -0.2) is 25.5 Å². The summed E-state index contributed by atoms with van der Waals surface area (Å²) in [7, 11) is 1.36. The highest BCUT2D eigenvalue weighted by molar-refractivity contribution is 6.09. The summed E-state index contributed by atoms with van der Waals surface area (Å²) in [5, 5.41) is 0. The largest absolute Gasteiger partial charge is 0.469 e. The second kappa shape index (κ2) is 6.57. The van der Waals surface area contributed by atoms with E-state index in [1.807, 2.05) is 44.2 Å². The van der Waals surface area contributed by atoms with Crippen LogP contribution in [0.15, 0.2) is 35.9 Å². The van der Waals surface area contributed by atoms with Crippen LogP contribution in [0.5, 0.6) is 0 Å². The normalized spacial score (nSPS) is 17.3. The minimum Gasteiger partial charge on any atom is -0.469 e. The second-order valence-electron chi connectivity index (χ2n) is 5.15. The van der Waals surface area contributed by atoms with Gasteiger partial charge in [0.25, 0.3) is 5.91 Å². The predicted octanol–water partition coefficient (Wildman–Crippen LogP) is 2.86. The van der Waals surface area contributed by atoms with Crippen molar-refractivity contribution in [2.75, 3.05) is 18.6 Å². The first-order valence-corrected chi connectivity index (χ1v) is 7.25. The highest BCUT2D eigenvalue weighted by atomic mass is 16.5. The third kappa shape index (κ3) is 2.99. The standard InChI is InChI=1S/C17H21NO3/c1-4-18(15-11-6-5-8-12(15)2)16(19)13-9-7-10-14(13)17(20)21-3/h5-6,8-9,11,14H,4,7,10H2,1-3H3. The van der Waals surface area contributed by atoms with Gasteiger partial charge in [-0.05, 0) is 38.3 Å². The zero-order valence-corrected chi connectivity index (χ0v) is 12.8. The number of carbonyl (C=O) groups excluding carboxylic acids is 2. The number of benzene rings is 1. The van der Waals surface area contributed by atoms with E-state index in [0.29, 0.717) is 18.5 Å². The number of ether oxygens (including phenoxy) is 1. The number of nitrogens with zero attached hydrogens (tertiary/aromatic N) is 1. The average molecular weight is 287 g/mol. The molecule has 0 radical (unpaired) electrons. The molecule has 1 amide bonds. The predicted molar refractivity (Wildman–Crippen MR) is 82.0 cm³/mol. The lowest BCUT2D eigenvalue weighted by atomic mass is 10.00. The molecule has 1 unspecified atom stereocenters. The van der Waals surface area contributed by atoms with Crippen LogP contribution < -0.4 is 4.90 Å². The molecule has 112 valence electrons. The third-order valence-corrected chi connectivity index (χ3v) is 3.90. The van der Waals surface area contributed by atoms with Crippen molar-refractivity contribution >= 4 is 17.6 Å². The lowest BCUT2D eigenvalue weighted by Crippen LogP contribution is -2.35. The van der Waals surface area contributed by atoms with E-state index in [2.05, 4.69) is 0 Å². The zero-order chi connectivity index (χ0) is 15.4. The Hall–Kier alpha value is -2.10. The Morgan fingerprint density at radius 2 is 2.05 bits per heavy atom. The molecule has 1 aromatic rings. The number of hydrogen-bond acceptors (Lipinski definition) is 3. The number of esters is 1. The molecular formula is C17H21NO3. The molecule has 0 heterocycles. The van der Waals surface area contributed by atoms with Gasteiger partial charge in [-0.15, -0.1) is 0 Å². The number of amides is 1.